The van der Waals surface area contributed by atoms with Gasteiger partial charge in [0.15, 0.2) is 9.84 Å². The molecule has 0 unspecified atom stereocenters. The summed E-state index contributed by atoms with van der Waals surface area (Å²) in [5.74, 6) is -0.173. The second-order valence-corrected chi connectivity index (χ2v) is 10.6. The monoisotopic (exact) mass is 453 g/mol. The van der Waals surface area contributed by atoms with Crippen molar-refractivity contribution in [3.05, 3.63) is 69.8 Å². The Morgan fingerprint density at radius 1 is 1.12 bits per heavy atom. The van der Waals surface area contributed by atoms with Gasteiger partial charge in [0.25, 0.3) is 5.56 Å². The van der Waals surface area contributed by atoms with Crippen LogP contribution in [0, 0.1) is 0 Å². The van der Waals surface area contributed by atoms with Gasteiger partial charge in [-0.2, -0.15) is 0 Å². The highest BCUT2D eigenvalue weighted by Gasteiger charge is 2.24. The van der Waals surface area contributed by atoms with E-state index in [1.165, 1.54) is 5.56 Å². The number of carbonyl (C=O) groups excluding carboxylic acids is 1. The molecule has 0 saturated heterocycles. The average Bonchev–Trinajstić information content (AvgIpc) is 3.24. The van der Waals surface area contributed by atoms with Crippen molar-refractivity contribution in [3.8, 4) is 0 Å². The van der Waals surface area contributed by atoms with Crippen LogP contribution in [0.25, 0.3) is 10.9 Å². The SMILES string of the molecule is CC(C)N(Cc1nc2ccccc2c(=O)[nH]1)C(=O)CCS(=O)(=O)c1ccc2c(c1)CCC2. The van der Waals surface area contributed by atoms with Crippen LogP contribution in [0.15, 0.2) is 52.2 Å². The van der Waals surface area contributed by atoms with Crippen LogP contribution in [0.2, 0.25) is 0 Å². The summed E-state index contributed by atoms with van der Waals surface area (Å²) in [5.41, 5.74) is 2.60. The highest BCUT2D eigenvalue weighted by atomic mass is 32.2. The van der Waals surface area contributed by atoms with E-state index in [-0.39, 0.29) is 41.1 Å². The number of benzene rings is 2. The van der Waals surface area contributed by atoms with Gasteiger partial charge >= 0.3 is 0 Å². The molecule has 1 aromatic heterocycles. The minimum atomic E-state index is -3.57. The van der Waals surface area contributed by atoms with E-state index >= 15 is 0 Å². The molecule has 0 bridgehead atoms. The molecule has 32 heavy (non-hydrogen) atoms. The number of fused-ring (bicyclic) bond motifs is 2. The first-order valence-electron chi connectivity index (χ1n) is 10.9. The standard InChI is InChI=1S/C24H27N3O4S/c1-16(2)27(15-22-25-21-9-4-3-8-20(21)24(29)26-22)23(28)12-13-32(30,31)19-11-10-17-6-5-7-18(17)14-19/h3-4,8-11,14,16H,5-7,12-13,15H2,1-2H3,(H,25,26,29). The van der Waals surface area contributed by atoms with Gasteiger partial charge in [-0.3, -0.25) is 9.59 Å². The minimum absolute atomic E-state index is 0.107. The maximum absolute atomic E-state index is 12.9. The quantitative estimate of drug-likeness (QED) is 0.593. The Morgan fingerprint density at radius 2 is 1.88 bits per heavy atom. The molecule has 0 atom stereocenters. The predicted octanol–water partition coefficient (Wildman–Crippen LogP) is 3.01. The predicted molar refractivity (Wildman–Crippen MR) is 123 cm³/mol. The Hall–Kier alpha value is -3.00. The molecule has 0 spiro atoms. The molecule has 1 aliphatic rings. The molecule has 0 fully saturated rings. The maximum atomic E-state index is 12.9. The first kappa shape index (κ1) is 22.2. The lowest BCUT2D eigenvalue weighted by Gasteiger charge is -2.26. The lowest BCUT2D eigenvalue weighted by atomic mass is 10.1. The smallest absolute Gasteiger partial charge is 0.258 e. The van der Waals surface area contributed by atoms with E-state index in [2.05, 4.69) is 9.97 Å². The van der Waals surface area contributed by atoms with Crippen molar-refractivity contribution >= 4 is 26.6 Å². The number of nitrogens with one attached hydrogen (secondary N) is 1. The lowest BCUT2D eigenvalue weighted by molar-refractivity contribution is -0.133. The van der Waals surface area contributed by atoms with Crippen molar-refractivity contribution in [2.24, 2.45) is 0 Å². The number of nitrogens with zero attached hydrogens (tertiary/aromatic N) is 2. The maximum Gasteiger partial charge on any atom is 0.258 e. The van der Waals surface area contributed by atoms with Crippen LogP contribution in [-0.2, 0) is 34.0 Å². The number of rotatable bonds is 7. The van der Waals surface area contributed by atoms with Gasteiger partial charge in [-0.1, -0.05) is 18.2 Å². The first-order chi connectivity index (χ1) is 15.2. The molecule has 168 valence electrons. The number of para-hydroxylation sites is 1. The van der Waals surface area contributed by atoms with Crippen LogP contribution in [0.4, 0.5) is 0 Å². The number of aromatic amines is 1. The molecule has 1 amide bonds. The second-order valence-electron chi connectivity index (χ2n) is 8.50. The Labute approximate surface area is 187 Å². The van der Waals surface area contributed by atoms with E-state index in [0.29, 0.717) is 16.7 Å². The molecule has 1 aliphatic carbocycles. The van der Waals surface area contributed by atoms with E-state index in [9.17, 15) is 18.0 Å². The average molecular weight is 454 g/mol. The normalized spacial score (nSPS) is 13.5. The Balaban J connectivity index is 1.48. The van der Waals surface area contributed by atoms with Gasteiger partial charge in [-0.15, -0.1) is 0 Å². The second kappa shape index (κ2) is 8.86. The number of amides is 1. The minimum Gasteiger partial charge on any atom is -0.333 e. The number of hydrogen-bond acceptors (Lipinski definition) is 5. The molecular weight excluding hydrogens is 426 g/mol. The summed E-state index contributed by atoms with van der Waals surface area (Å²) in [6.45, 7) is 3.81. The zero-order valence-electron chi connectivity index (χ0n) is 18.3. The Kier molecular flexibility index (Phi) is 6.15. The summed E-state index contributed by atoms with van der Waals surface area (Å²) in [7, 11) is -3.57. The van der Waals surface area contributed by atoms with Gasteiger partial charge < -0.3 is 9.88 Å². The molecule has 2 aromatic carbocycles. The summed E-state index contributed by atoms with van der Waals surface area (Å²) in [6, 6.07) is 12.1. The van der Waals surface area contributed by atoms with Crippen LogP contribution >= 0.6 is 0 Å². The highest BCUT2D eigenvalue weighted by Crippen LogP contribution is 2.25. The molecule has 1 heterocycles. The molecule has 0 radical (unpaired) electrons. The van der Waals surface area contributed by atoms with Gasteiger partial charge in [0.05, 0.1) is 28.1 Å². The number of H-pyrrole nitrogens is 1. The van der Waals surface area contributed by atoms with Crippen LogP contribution < -0.4 is 5.56 Å². The van der Waals surface area contributed by atoms with Crippen LogP contribution in [-0.4, -0.2) is 41.0 Å². The molecular formula is C24H27N3O4S. The molecule has 1 N–H and O–H groups in total. The van der Waals surface area contributed by atoms with E-state index in [1.807, 2.05) is 19.9 Å². The molecule has 8 heteroatoms. The lowest BCUT2D eigenvalue weighted by Crippen LogP contribution is -2.38. The summed E-state index contributed by atoms with van der Waals surface area (Å²) >= 11 is 0. The van der Waals surface area contributed by atoms with Crippen LogP contribution in [0.3, 0.4) is 0 Å². The summed E-state index contributed by atoms with van der Waals surface area (Å²) in [5, 5.41) is 0.485. The van der Waals surface area contributed by atoms with Gasteiger partial charge in [-0.05, 0) is 68.5 Å². The molecule has 3 aromatic rings. The summed E-state index contributed by atoms with van der Waals surface area (Å²) < 4.78 is 25.7. The number of aryl methyl sites for hydroxylation is 2. The largest absolute Gasteiger partial charge is 0.333 e. The van der Waals surface area contributed by atoms with Crippen molar-refractivity contribution < 1.29 is 13.2 Å². The van der Waals surface area contributed by atoms with Crippen molar-refractivity contribution in [2.75, 3.05) is 5.75 Å². The Morgan fingerprint density at radius 3 is 2.66 bits per heavy atom. The van der Waals surface area contributed by atoms with Crippen molar-refractivity contribution in [3.63, 3.8) is 0 Å². The third-order valence-corrected chi connectivity index (χ3v) is 7.65. The van der Waals surface area contributed by atoms with Gasteiger partial charge in [-0.25, -0.2) is 13.4 Å². The van der Waals surface area contributed by atoms with Crippen LogP contribution in [0.1, 0.15) is 43.6 Å². The Bertz CT molecular complexity index is 1330. The third kappa shape index (κ3) is 4.60. The number of hydrogen-bond donors (Lipinski definition) is 1. The van der Waals surface area contributed by atoms with Crippen molar-refractivity contribution in [1.82, 2.24) is 14.9 Å². The van der Waals surface area contributed by atoms with E-state index in [0.717, 1.165) is 24.8 Å². The molecule has 0 saturated carbocycles. The third-order valence-electron chi connectivity index (χ3n) is 5.94. The number of sulfone groups is 1. The first-order valence-corrected chi connectivity index (χ1v) is 12.5. The van der Waals surface area contributed by atoms with Crippen molar-refractivity contribution in [2.45, 2.75) is 57.0 Å². The number of carbonyl (C=O) groups is 1. The fraction of sp³-hybridized carbons (Fsp3) is 0.375. The fourth-order valence-corrected chi connectivity index (χ4v) is 5.43. The topological polar surface area (TPSA) is 100 Å². The molecule has 4 rings (SSSR count). The zero-order chi connectivity index (χ0) is 22.9. The van der Waals surface area contributed by atoms with E-state index in [4.69, 9.17) is 0 Å². The van der Waals surface area contributed by atoms with Crippen molar-refractivity contribution in [1.29, 1.82) is 0 Å². The van der Waals surface area contributed by atoms with Crippen LogP contribution in [0.5, 0.6) is 0 Å². The van der Waals surface area contributed by atoms with E-state index in [1.54, 1.807) is 41.3 Å². The molecule has 0 aliphatic heterocycles. The highest BCUT2D eigenvalue weighted by molar-refractivity contribution is 7.91. The fourth-order valence-electron chi connectivity index (χ4n) is 4.15. The molecule has 7 nitrogen and oxygen atoms in total. The zero-order valence-corrected chi connectivity index (χ0v) is 19.1. The van der Waals surface area contributed by atoms with Gasteiger partial charge in [0, 0.05) is 12.5 Å². The van der Waals surface area contributed by atoms with Gasteiger partial charge in [0.2, 0.25) is 5.91 Å². The van der Waals surface area contributed by atoms with E-state index < -0.39 is 9.84 Å². The summed E-state index contributed by atoms with van der Waals surface area (Å²) in [4.78, 5) is 34.3. The van der Waals surface area contributed by atoms with Gasteiger partial charge in [0.1, 0.15) is 5.82 Å². The summed E-state index contributed by atoms with van der Waals surface area (Å²) in [6.07, 6.45) is 2.80. The number of aromatic nitrogens is 2.